The Morgan fingerprint density at radius 3 is 2.68 bits per heavy atom. The summed E-state index contributed by atoms with van der Waals surface area (Å²) in [5.41, 5.74) is 2.68. The van der Waals surface area contributed by atoms with E-state index in [1.165, 1.54) is 0 Å². The van der Waals surface area contributed by atoms with Gasteiger partial charge < -0.3 is 9.57 Å². The van der Waals surface area contributed by atoms with Gasteiger partial charge in [0.25, 0.3) is 0 Å². The number of methoxy groups -OCH3 is 1. The van der Waals surface area contributed by atoms with Crippen LogP contribution < -0.4 is 15.3 Å². The molecule has 0 fully saturated rings. The first-order chi connectivity index (χ1) is 12.3. The summed E-state index contributed by atoms with van der Waals surface area (Å²) in [7, 11) is 1.57. The van der Waals surface area contributed by atoms with Crippen molar-refractivity contribution in [1.82, 2.24) is 0 Å². The molecule has 1 heterocycles. The summed E-state index contributed by atoms with van der Waals surface area (Å²) in [5.74, 6) is 0.149. The van der Waals surface area contributed by atoms with Crippen molar-refractivity contribution in [3.8, 4) is 5.75 Å². The number of nitrogens with zero attached hydrogens (tertiary/aromatic N) is 2. The van der Waals surface area contributed by atoms with Crippen LogP contribution in [-0.2, 0) is 4.84 Å². The molecule has 0 saturated carbocycles. The molecule has 5 heteroatoms. The van der Waals surface area contributed by atoms with Crippen molar-refractivity contribution in [2.24, 2.45) is 10.1 Å². The molecule has 0 bridgehead atoms. The number of hydrogen-bond donors (Lipinski definition) is 0. The van der Waals surface area contributed by atoms with Crippen LogP contribution in [0.2, 0.25) is 0 Å². The molecule has 4 rings (SSSR count). The molecule has 1 aliphatic heterocycles. The second-order valence-electron chi connectivity index (χ2n) is 5.50. The van der Waals surface area contributed by atoms with Gasteiger partial charge in [0.2, 0.25) is 0 Å². The fourth-order valence-corrected chi connectivity index (χ4v) is 2.76. The number of allylic oxidation sites excluding steroid dienone is 4. The number of benzene rings is 2. The Bertz CT molecular complexity index is 1060. The van der Waals surface area contributed by atoms with Crippen molar-refractivity contribution in [3.63, 3.8) is 0 Å². The van der Waals surface area contributed by atoms with Crippen molar-refractivity contribution >= 4 is 17.3 Å². The summed E-state index contributed by atoms with van der Waals surface area (Å²) in [5, 5.41) is 5.93. The van der Waals surface area contributed by atoms with E-state index in [4.69, 9.17) is 9.57 Å². The molecule has 0 spiro atoms. The lowest BCUT2D eigenvalue weighted by Crippen LogP contribution is -2.24. The van der Waals surface area contributed by atoms with Gasteiger partial charge in [0.05, 0.1) is 23.7 Å². The largest absolute Gasteiger partial charge is 0.497 e. The smallest absolute Gasteiger partial charge is 0.365 e. The average Bonchev–Trinajstić information content (AvgIpc) is 3.05. The van der Waals surface area contributed by atoms with Crippen LogP contribution in [0.15, 0.2) is 82.6 Å². The second kappa shape index (κ2) is 6.20. The maximum absolute atomic E-state index is 12.2. The van der Waals surface area contributed by atoms with Gasteiger partial charge in [0.15, 0.2) is 0 Å². The highest BCUT2D eigenvalue weighted by atomic mass is 16.7. The number of ether oxygens (including phenoxy) is 1. The Morgan fingerprint density at radius 1 is 1.08 bits per heavy atom. The second-order valence-corrected chi connectivity index (χ2v) is 5.50. The molecule has 5 nitrogen and oxygen atoms in total. The van der Waals surface area contributed by atoms with E-state index in [0.717, 1.165) is 21.8 Å². The lowest BCUT2D eigenvalue weighted by Gasteiger charge is -2.08. The third kappa shape index (κ3) is 2.76. The number of hydrogen-bond acceptors (Lipinski definition) is 5. The number of carbonyl (C=O) groups excluding carboxylic acids is 1. The lowest BCUT2D eigenvalue weighted by atomic mass is 10.0. The Morgan fingerprint density at radius 2 is 1.88 bits per heavy atom. The molecular weight excluding hydrogens is 316 g/mol. The van der Waals surface area contributed by atoms with Gasteiger partial charge in [0, 0.05) is 10.8 Å². The molecule has 0 saturated heterocycles. The molecule has 0 atom stereocenters. The minimum Gasteiger partial charge on any atom is -0.497 e. The van der Waals surface area contributed by atoms with Gasteiger partial charge in [-0.15, -0.1) is 0 Å². The van der Waals surface area contributed by atoms with E-state index in [2.05, 4.69) is 10.1 Å². The van der Waals surface area contributed by atoms with E-state index in [9.17, 15) is 4.79 Å². The molecule has 2 aliphatic rings. The molecular formula is C20H14N2O3. The van der Waals surface area contributed by atoms with Crippen LogP contribution in [0.3, 0.4) is 0 Å². The third-order valence-electron chi connectivity index (χ3n) is 3.99. The zero-order valence-corrected chi connectivity index (χ0v) is 13.5. The van der Waals surface area contributed by atoms with Gasteiger partial charge in [-0.2, -0.15) is 0 Å². The summed E-state index contributed by atoms with van der Waals surface area (Å²) in [6.45, 7) is 0. The van der Waals surface area contributed by atoms with Gasteiger partial charge in [-0.1, -0.05) is 29.4 Å². The third-order valence-corrected chi connectivity index (χ3v) is 3.99. The van der Waals surface area contributed by atoms with Gasteiger partial charge in [0.1, 0.15) is 11.5 Å². The first-order valence-corrected chi connectivity index (χ1v) is 7.77. The zero-order chi connectivity index (χ0) is 17.2. The number of carbonyl (C=O) groups is 1. The van der Waals surface area contributed by atoms with Crippen LogP contribution >= 0.6 is 0 Å². The van der Waals surface area contributed by atoms with Crippen LogP contribution in [0.4, 0.5) is 0 Å². The predicted molar refractivity (Wildman–Crippen MR) is 93.7 cm³/mol. The Kier molecular flexibility index (Phi) is 3.74. The molecule has 122 valence electrons. The van der Waals surface area contributed by atoms with Gasteiger partial charge >= 0.3 is 5.97 Å². The standard InChI is InChI=1S/C20H14N2O3/c1-24-14-11-9-13(10-12-14)20(23)25-22-18-8-4-7-17-19(18)15-5-2-3-6-16(15)21-17/h2-12H,1H3. The fraction of sp³-hybridized carbons (Fsp3) is 0.0500. The molecule has 1 aliphatic carbocycles. The first-order valence-electron chi connectivity index (χ1n) is 7.77. The summed E-state index contributed by atoms with van der Waals surface area (Å²) in [6, 6.07) is 14.5. The molecule has 0 radical (unpaired) electrons. The topological polar surface area (TPSA) is 60.2 Å². The van der Waals surface area contributed by atoms with Crippen LogP contribution in [0.25, 0.3) is 5.57 Å². The van der Waals surface area contributed by atoms with Crippen molar-refractivity contribution in [3.05, 3.63) is 88.6 Å². The van der Waals surface area contributed by atoms with Crippen molar-refractivity contribution in [2.45, 2.75) is 0 Å². The minimum absolute atomic E-state index is 0.405. The van der Waals surface area contributed by atoms with Crippen LogP contribution in [-0.4, -0.2) is 18.8 Å². The summed E-state index contributed by atoms with van der Waals surface area (Å²) in [4.78, 5) is 21.9. The van der Waals surface area contributed by atoms with Crippen LogP contribution in [0.5, 0.6) is 5.75 Å². The maximum atomic E-state index is 12.2. The lowest BCUT2D eigenvalue weighted by molar-refractivity contribution is 0.0517. The molecule has 0 unspecified atom stereocenters. The fourth-order valence-electron chi connectivity index (χ4n) is 2.76. The highest BCUT2D eigenvalue weighted by Gasteiger charge is 2.20. The Labute approximate surface area is 143 Å². The van der Waals surface area contributed by atoms with Gasteiger partial charge in [-0.05, 0) is 42.5 Å². The van der Waals surface area contributed by atoms with Gasteiger partial charge in [-0.3, -0.25) is 0 Å². The van der Waals surface area contributed by atoms with E-state index in [0.29, 0.717) is 17.0 Å². The monoisotopic (exact) mass is 330 g/mol. The van der Waals surface area contributed by atoms with Crippen LogP contribution in [0, 0.1) is 0 Å². The van der Waals surface area contributed by atoms with Crippen molar-refractivity contribution < 1.29 is 14.4 Å². The molecule has 25 heavy (non-hydrogen) atoms. The quantitative estimate of drug-likeness (QED) is 0.640. The summed E-state index contributed by atoms with van der Waals surface area (Å²) >= 11 is 0. The minimum atomic E-state index is -0.525. The Balaban J connectivity index is 1.64. The highest BCUT2D eigenvalue weighted by Crippen LogP contribution is 2.21. The number of rotatable bonds is 3. The Hall–Kier alpha value is -3.47. The highest BCUT2D eigenvalue weighted by molar-refractivity contribution is 6.30. The maximum Gasteiger partial charge on any atom is 0.365 e. The molecule has 0 aromatic heterocycles. The van der Waals surface area contributed by atoms with E-state index in [-0.39, 0.29) is 0 Å². The van der Waals surface area contributed by atoms with E-state index >= 15 is 0 Å². The first kappa shape index (κ1) is 15.1. The van der Waals surface area contributed by atoms with Crippen molar-refractivity contribution in [2.75, 3.05) is 7.11 Å². The van der Waals surface area contributed by atoms with E-state index in [1.807, 2.05) is 36.4 Å². The van der Waals surface area contributed by atoms with Crippen molar-refractivity contribution in [1.29, 1.82) is 0 Å². The van der Waals surface area contributed by atoms with Crippen LogP contribution in [0.1, 0.15) is 10.4 Å². The number of para-hydroxylation sites is 1. The van der Waals surface area contributed by atoms with E-state index in [1.54, 1.807) is 37.5 Å². The van der Waals surface area contributed by atoms with Gasteiger partial charge in [-0.25, -0.2) is 9.79 Å². The summed E-state index contributed by atoms with van der Waals surface area (Å²) in [6.07, 6.45) is 5.56. The zero-order valence-electron chi connectivity index (χ0n) is 13.5. The number of fused-ring (bicyclic) bond motifs is 2. The van der Waals surface area contributed by atoms with E-state index < -0.39 is 5.97 Å². The molecule has 2 aromatic rings. The molecule has 0 N–H and O–H groups in total. The normalized spacial score (nSPS) is 16.0. The predicted octanol–water partition coefficient (Wildman–Crippen LogP) is 2.15. The SMILES string of the molecule is COc1ccc(C(=O)ON=C2C=CC=C3N=c4ccccc4=C32)cc1. The molecule has 0 amide bonds. The molecule has 2 aromatic carbocycles. The summed E-state index contributed by atoms with van der Waals surface area (Å²) < 4.78 is 5.08. The number of oxime groups is 1. The average molecular weight is 330 g/mol.